The molecule has 0 aliphatic heterocycles. The monoisotopic (exact) mass is 667 g/mol. The zero-order valence-corrected chi connectivity index (χ0v) is 29.3. The molecule has 9 aromatic rings. The van der Waals surface area contributed by atoms with E-state index < -0.39 is 0 Å². The van der Waals surface area contributed by atoms with Gasteiger partial charge < -0.3 is 10.2 Å². The van der Waals surface area contributed by atoms with E-state index in [1.165, 1.54) is 60.5 Å². The summed E-state index contributed by atoms with van der Waals surface area (Å²) in [7, 11) is 0. The van der Waals surface area contributed by atoms with Crippen molar-refractivity contribution < 1.29 is 4.42 Å². The van der Waals surface area contributed by atoms with Crippen LogP contribution in [0.4, 0.5) is 5.69 Å². The van der Waals surface area contributed by atoms with Crippen molar-refractivity contribution in [2.45, 2.75) is 25.7 Å². The second kappa shape index (κ2) is 11.6. The van der Waals surface area contributed by atoms with Gasteiger partial charge in [-0.2, -0.15) is 0 Å². The molecule has 2 N–H and O–H groups in total. The number of allylic oxidation sites excluding steroid dienone is 1. The molecule has 0 saturated heterocycles. The molecular formula is C50H37NO. The number of fused-ring (bicyclic) bond motifs is 8. The first-order valence-corrected chi connectivity index (χ1v) is 18.1. The molecule has 10 rings (SSSR count). The highest BCUT2D eigenvalue weighted by molar-refractivity contribution is 6.17. The molecule has 1 aliphatic rings. The molecule has 52 heavy (non-hydrogen) atoms. The van der Waals surface area contributed by atoms with E-state index >= 15 is 0 Å². The molecule has 0 saturated carbocycles. The first-order valence-electron chi connectivity index (χ1n) is 18.1. The van der Waals surface area contributed by atoms with E-state index in [0.29, 0.717) is 0 Å². The Labute approximate surface area is 303 Å². The predicted molar refractivity (Wildman–Crippen MR) is 221 cm³/mol. The van der Waals surface area contributed by atoms with Crippen LogP contribution in [-0.4, -0.2) is 0 Å². The molecule has 0 fully saturated rings. The van der Waals surface area contributed by atoms with Crippen LogP contribution in [0.25, 0.3) is 82.9 Å². The summed E-state index contributed by atoms with van der Waals surface area (Å²) in [4.78, 5) is 0. The minimum atomic E-state index is -0.0671. The van der Waals surface area contributed by atoms with E-state index in [4.69, 9.17) is 10.2 Å². The maximum atomic E-state index is 6.66. The van der Waals surface area contributed by atoms with E-state index in [1.807, 2.05) is 18.2 Å². The normalized spacial score (nSPS) is 13.4. The fourth-order valence-corrected chi connectivity index (χ4v) is 8.63. The Bertz CT molecular complexity index is 2920. The Morgan fingerprint density at radius 1 is 0.558 bits per heavy atom. The standard InChI is InChI=1S/C50H37NO/c1-50(2)43-23-12-20-32(48(43)41-25-33-14-3-5-16-35(33)28-44(41)50)19-11-18-31-13-7-8-21-38(31)40-27-37(39-22-9-10-24-45(39)51)30-47-49(40)42-26-34-15-4-6-17-36(34)29-46(42)52-47/h3-17,19-30H,18,51H2,1-2H3/b19-11+. The summed E-state index contributed by atoms with van der Waals surface area (Å²) in [6.07, 6.45) is 5.44. The first kappa shape index (κ1) is 30.4. The van der Waals surface area contributed by atoms with Crippen LogP contribution in [0, 0.1) is 0 Å². The molecule has 0 atom stereocenters. The highest BCUT2D eigenvalue weighted by Crippen LogP contribution is 2.51. The van der Waals surface area contributed by atoms with Crippen LogP contribution in [0.3, 0.4) is 0 Å². The number of benzene rings is 8. The average Bonchev–Trinajstić information content (AvgIpc) is 3.64. The van der Waals surface area contributed by atoms with E-state index in [1.54, 1.807) is 0 Å². The zero-order valence-electron chi connectivity index (χ0n) is 29.3. The summed E-state index contributed by atoms with van der Waals surface area (Å²) in [5.41, 5.74) is 21.4. The minimum absolute atomic E-state index is 0.0671. The third-order valence-corrected chi connectivity index (χ3v) is 11.3. The summed E-state index contributed by atoms with van der Waals surface area (Å²) in [6.45, 7) is 4.72. The van der Waals surface area contributed by atoms with E-state index in [-0.39, 0.29) is 5.41 Å². The van der Waals surface area contributed by atoms with Crippen molar-refractivity contribution >= 4 is 55.2 Å². The van der Waals surface area contributed by atoms with Gasteiger partial charge in [0.15, 0.2) is 0 Å². The number of rotatable bonds is 5. The summed E-state index contributed by atoms with van der Waals surface area (Å²) < 4.78 is 6.66. The number of hydrogen-bond acceptors (Lipinski definition) is 2. The molecule has 1 aliphatic carbocycles. The highest BCUT2D eigenvalue weighted by Gasteiger charge is 2.36. The van der Waals surface area contributed by atoms with Gasteiger partial charge in [0.05, 0.1) is 0 Å². The molecule has 2 nitrogen and oxygen atoms in total. The lowest BCUT2D eigenvalue weighted by Crippen LogP contribution is -2.14. The lowest BCUT2D eigenvalue weighted by Gasteiger charge is -2.21. The minimum Gasteiger partial charge on any atom is -0.456 e. The van der Waals surface area contributed by atoms with Gasteiger partial charge in [-0.15, -0.1) is 0 Å². The van der Waals surface area contributed by atoms with Gasteiger partial charge in [-0.05, 0) is 121 Å². The summed E-state index contributed by atoms with van der Waals surface area (Å²) in [6, 6.07) is 54.5. The number of nitrogens with two attached hydrogens (primary N) is 1. The Morgan fingerprint density at radius 3 is 2.02 bits per heavy atom. The second-order valence-corrected chi connectivity index (χ2v) is 14.7. The van der Waals surface area contributed by atoms with Crippen LogP contribution in [-0.2, 0) is 11.8 Å². The van der Waals surface area contributed by atoms with Crippen LogP contribution < -0.4 is 5.73 Å². The number of anilines is 1. The third kappa shape index (κ3) is 4.72. The smallest absolute Gasteiger partial charge is 0.136 e. The Kier molecular flexibility index (Phi) is 6.78. The van der Waals surface area contributed by atoms with Crippen molar-refractivity contribution in [1.29, 1.82) is 0 Å². The summed E-state index contributed by atoms with van der Waals surface area (Å²) in [5.74, 6) is 0. The highest BCUT2D eigenvalue weighted by atomic mass is 16.3. The fourth-order valence-electron chi connectivity index (χ4n) is 8.63. The van der Waals surface area contributed by atoms with E-state index in [2.05, 4.69) is 159 Å². The van der Waals surface area contributed by atoms with Gasteiger partial charge in [-0.1, -0.05) is 135 Å². The van der Waals surface area contributed by atoms with Gasteiger partial charge in [0, 0.05) is 27.4 Å². The molecule has 0 spiro atoms. The molecule has 0 bridgehead atoms. The van der Waals surface area contributed by atoms with Crippen LogP contribution in [0.1, 0.15) is 36.1 Å². The largest absolute Gasteiger partial charge is 0.456 e. The molecule has 8 aromatic carbocycles. The zero-order chi connectivity index (χ0) is 35.0. The van der Waals surface area contributed by atoms with Crippen molar-refractivity contribution in [3.63, 3.8) is 0 Å². The molecule has 248 valence electrons. The van der Waals surface area contributed by atoms with Gasteiger partial charge in [0.25, 0.3) is 0 Å². The Morgan fingerprint density at radius 2 is 1.23 bits per heavy atom. The van der Waals surface area contributed by atoms with Gasteiger partial charge in [0.1, 0.15) is 11.2 Å². The molecule has 0 radical (unpaired) electrons. The van der Waals surface area contributed by atoms with Crippen LogP contribution >= 0.6 is 0 Å². The number of furan rings is 1. The average molecular weight is 668 g/mol. The van der Waals surface area contributed by atoms with Crippen molar-refractivity contribution in [3.05, 3.63) is 180 Å². The molecule has 1 heterocycles. The van der Waals surface area contributed by atoms with Crippen molar-refractivity contribution in [3.8, 4) is 33.4 Å². The van der Waals surface area contributed by atoms with Crippen molar-refractivity contribution in [2.75, 3.05) is 5.73 Å². The van der Waals surface area contributed by atoms with Crippen LogP contribution in [0.5, 0.6) is 0 Å². The maximum Gasteiger partial charge on any atom is 0.136 e. The van der Waals surface area contributed by atoms with Crippen LogP contribution in [0.2, 0.25) is 0 Å². The molecular weight excluding hydrogens is 631 g/mol. The van der Waals surface area contributed by atoms with E-state index in [9.17, 15) is 0 Å². The molecule has 0 amide bonds. The quantitative estimate of drug-likeness (QED) is 0.186. The van der Waals surface area contributed by atoms with Gasteiger partial charge in [-0.25, -0.2) is 0 Å². The Hall–Kier alpha value is -6.38. The van der Waals surface area contributed by atoms with Crippen molar-refractivity contribution in [1.82, 2.24) is 0 Å². The predicted octanol–water partition coefficient (Wildman–Crippen LogP) is 13.4. The number of para-hydroxylation sites is 1. The summed E-state index contributed by atoms with van der Waals surface area (Å²) >= 11 is 0. The second-order valence-electron chi connectivity index (χ2n) is 14.7. The number of hydrogen-bond donors (Lipinski definition) is 1. The van der Waals surface area contributed by atoms with E-state index in [0.717, 1.165) is 50.7 Å². The summed E-state index contributed by atoms with van der Waals surface area (Å²) in [5, 5.41) is 7.19. The lowest BCUT2D eigenvalue weighted by molar-refractivity contribution is 0.661. The number of nitrogen functional groups attached to an aromatic ring is 1. The first-order chi connectivity index (χ1) is 25.4. The molecule has 0 unspecified atom stereocenters. The maximum absolute atomic E-state index is 6.66. The van der Waals surface area contributed by atoms with Gasteiger partial charge in [0.2, 0.25) is 0 Å². The van der Waals surface area contributed by atoms with Crippen LogP contribution in [0.15, 0.2) is 162 Å². The molecule has 2 heteroatoms. The topological polar surface area (TPSA) is 39.2 Å². The molecule has 1 aromatic heterocycles. The third-order valence-electron chi connectivity index (χ3n) is 11.3. The fraction of sp³-hybridized carbons (Fsp3) is 0.0800. The van der Waals surface area contributed by atoms with Gasteiger partial charge >= 0.3 is 0 Å². The SMILES string of the molecule is CC1(C)c2cc3ccccc3cc2-c2c(/C=C/Cc3ccccc3-c3cc(-c4ccccc4N)cc4oc5cc6ccccc6cc5c34)cccc21. The lowest BCUT2D eigenvalue weighted by atomic mass is 9.81. The van der Waals surface area contributed by atoms with Crippen molar-refractivity contribution in [2.24, 2.45) is 0 Å². The Balaban J connectivity index is 1.11. The van der Waals surface area contributed by atoms with Gasteiger partial charge in [-0.3, -0.25) is 0 Å².